The lowest BCUT2D eigenvalue weighted by atomic mass is 9.84. The van der Waals surface area contributed by atoms with Crippen molar-refractivity contribution < 1.29 is 13.9 Å². The van der Waals surface area contributed by atoms with Crippen LogP contribution in [0.25, 0.3) is 11.0 Å². The summed E-state index contributed by atoms with van der Waals surface area (Å²) < 4.78 is 17.3. The Kier molecular flexibility index (Phi) is 6.21. The Hall–Kier alpha value is -2.49. The third kappa shape index (κ3) is 4.42. The van der Waals surface area contributed by atoms with E-state index in [1.54, 1.807) is 13.2 Å². The minimum Gasteiger partial charge on any atom is -0.497 e. The van der Waals surface area contributed by atoms with Gasteiger partial charge in [0.05, 0.1) is 18.1 Å². The normalized spacial score (nSPS) is 21.0. The molecule has 0 N–H and O–H groups in total. The van der Waals surface area contributed by atoms with Crippen LogP contribution in [0.4, 0.5) is 0 Å². The van der Waals surface area contributed by atoms with E-state index in [-0.39, 0.29) is 11.5 Å². The minimum absolute atomic E-state index is 0.0281. The second kappa shape index (κ2) is 8.48. The number of ether oxygens (including phenoxy) is 2. The first-order valence-electron chi connectivity index (χ1n) is 10.4. The summed E-state index contributed by atoms with van der Waals surface area (Å²) in [6, 6.07) is 5.51. The van der Waals surface area contributed by atoms with Crippen LogP contribution in [0.15, 0.2) is 50.7 Å². The molecular weight excluding hydrogens is 364 g/mol. The summed E-state index contributed by atoms with van der Waals surface area (Å²) >= 11 is 0. The van der Waals surface area contributed by atoms with E-state index in [2.05, 4.69) is 46.8 Å². The van der Waals surface area contributed by atoms with Gasteiger partial charge in [0.2, 0.25) is 0 Å². The van der Waals surface area contributed by atoms with Gasteiger partial charge in [-0.2, -0.15) is 0 Å². The molecule has 1 aliphatic rings. The van der Waals surface area contributed by atoms with Gasteiger partial charge in [-0.3, -0.25) is 0 Å². The van der Waals surface area contributed by atoms with Crippen molar-refractivity contribution in [1.29, 1.82) is 0 Å². The molecule has 2 aromatic rings. The highest BCUT2D eigenvalue weighted by Crippen LogP contribution is 2.48. The van der Waals surface area contributed by atoms with Gasteiger partial charge in [-0.25, -0.2) is 4.79 Å². The van der Waals surface area contributed by atoms with Crippen LogP contribution in [-0.4, -0.2) is 12.7 Å². The fraction of sp³-hybridized carbons (Fsp3) is 0.480. The van der Waals surface area contributed by atoms with Crippen molar-refractivity contribution in [3.63, 3.8) is 0 Å². The topological polar surface area (TPSA) is 48.7 Å². The maximum absolute atomic E-state index is 12.7. The molecule has 2 atom stereocenters. The van der Waals surface area contributed by atoms with Crippen LogP contribution in [0.5, 0.6) is 11.5 Å². The molecule has 0 radical (unpaired) electrons. The van der Waals surface area contributed by atoms with Crippen LogP contribution < -0.4 is 15.1 Å². The number of rotatable bonds is 7. The molecule has 4 nitrogen and oxygen atoms in total. The van der Waals surface area contributed by atoms with E-state index >= 15 is 0 Å². The lowest BCUT2D eigenvalue weighted by molar-refractivity contribution is 0.0862. The maximum atomic E-state index is 12.7. The minimum atomic E-state index is -0.429. The lowest BCUT2D eigenvalue weighted by Gasteiger charge is -2.28. The molecule has 3 rings (SSSR count). The molecule has 0 aliphatic carbocycles. The van der Waals surface area contributed by atoms with Crippen molar-refractivity contribution in [2.45, 2.75) is 71.8 Å². The third-order valence-electron chi connectivity index (χ3n) is 6.01. The van der Waals surface area contributed by atoms with Crippen LogP contribution in [0.3, 0.4) is 0 Å². The van der Waals surface area contributed by atoms with Crippen molar-refractivity contribution in [2.75, 3.05) is 7.11 Å². The summed E-state index contributed by atoms with van der Waals surface area (Å²) in [6.45, 7) is 10.6. The van der Waals surface area contributed by atoms with Crippen molar-refractivity contribution in [3.8, 4) is 11.5 Å². The van der Waals surface area contributed by atoms with Crippen molar-refractivity contribution in [2.24, 2.45) is 0 Å². The highest BCUT2D eigenvalue weighted by atomic mass is 16.5. The van der Waals surface area contributed by atoms with Gasteiger partial charge >= 0.3 is 5.63 Å². The largest absolute Gasteiger partial charge is 0.497 e. The predicted octanol–water partition coefficient (Wildman–Crippen LogP) is 6.53. The molecule has 0 amide bonds. The summed E-state index contributed by atoms with van der Waals surface area (Å²) in [5.74, 6) is 1.29. The van der Waals surface area contributed by atoms with Gasteiger partial charge in [0.25, 0.3) is 0 Å². The number of allylic oxidation sites excluding steroid dienone is 4. The number of benzene rings is 1. The number of methoxy groups -OCH3 is 1. The molecule has 4 heteroatoms. The molecule has 1 aromatic heterocycles. The van der Waals surface area contributed by atoms with Crippen LogP contribution in [0, 0.1) is 0 Å². The Morgan fingerprint density at radius 1 is 1.21 bits per heavy atom. The zero-order valence-electron chi connectivity index (χ0n) is 18.4. The Labute approximate surface area is 173 Å². The number of hydrogen-bond acceptors (Lipinski definition) is 4. The SMILES string of the molecule is COc1ccc2c3c(c(=O)oc2c1)C(C)C(C)(CCC=C(C)CCC=C(C)C)O3. The quantitative estimate of drug-likeness (QED) is 0.394. The fourth-order valence-corrected chi connectivity index (χ4v) is 3.97. The van der Waals surface area contributed by atoms with Crippen LogP contribution in [0.2, 0.25) is 0 Å². The lowest BCUT2D eigenvalue weighted by Crippen LogP contribution is -2.33. The molecule has 0 fully saturated rings. The summed E-state index contributed by atoms with van der Waals surface area (Å²) in [5, 5.41) is 0.824. The number of hydrogen-bond donors (Lipinski definition) is 0. The zero-order chi connectivity index (χ0) is 21.2. The third-order valence-corrected chi connectivity index (χ3v) is 6.01. The Morgan fingerprint density at radius 3 is 2.66 bits per heavy atom. The summed E-state index contributed by atoms with van der Waals surface area (Å²) in [6.07, 6.45) is 8.50. The summed E-state index contributed by atoms with van der Waals surface area (Å²) in [4.78, 5) is 12.7. The first kappa shape index (κ1) is 21.2. The van der Waals surface area contributed by atoms with E-state index in [1.807, 2.05) is 12.1 Å². The predicted molar refractivity (Wildman–Crippen MR) is 118 cm³/mol. The smallest absolute Gasteiger partial charge is 0.343 e. The van der Waals surface area contributed by atoms with Gasteiger partial charge in [-0.15, -0.1) is 0 Å². The monoisotopic (exact) mass is 396 g/mol. The van der Waals surface area contributed by atoms with E-state index in [0.29, 0.717) is 22.6 Å². The van der Waals surface area contributed by atoms with E-state index < -0.39 is 5.60 Å². The Balaban J connectivity index is 1.79. The number of fused-ring (bicyclic) bond motifs is 3. The molecular formula is C25H32O4. The Morgan fingerprint density at radius 2 is 1.97 bits per heavy atom. The zero-order valence-corrected chi connectivity index (χ0v) is 18.4. The van der Waals surface area contributed by atoms with Crippen LogP contribution in [-0.2, 0) is 0 Å². The van der Waals surface area contributed by atoms with Crippen molar-refractivity contribution >= 4 is 11.0 Å². The first-order chi connectivity index (χ1) is 13.7. The second-order valence-electron chi connectivity index (χ2n) is 8.54. The summed E-state index contributed by atoms with van der Waals surface area (Å²) in [7, 11) is 1.59. The molecule has 0 bridgehead atoms. The van der Waals surface area contributed by atoms with Crippen molar-refractivity contribution in [3.05, 3.63) is 57.5 Å². The first-order valence-corrected chi connectivity index (χ1v) is 10.4. The van der Waals surface area contributed by atoms with Gasteiger partial charge < -0.3 is 13.9 Å². The van der Waals surface area contributed by atoms with E-state index in [0.717, 1.165) is 31.1 Å². The molecule has 0 spiro atoms. The van der Waals surface area contributed by atoms with Crippen molar-refractivity contribution in [1.82, 2.24) is 0 Å². The van der Waals surface area contributed by atoms with Gasteiger partial charge in [0, 0.05) is 12.0 Å². The van der Waals surface area contributed by atoms with E-state index in [1.165, 1.54) is 11.1 Å². The molecule has 29 heavy (non-hydrogen) atoms. The highest BCUT2D eigenvalue weighted by molar-refractivity contribution is 5.86. The second-order valence-corrected chi connectivity index (χ2v) is 8.54. The molecule has 156 valence electrons. The average molecular weight is 397 g/mol. The van der Waals surface area contributed by atoms with Gasteiger partial charge in [-0.05, 0) is 65.5 Å². The van der Waals surface area contributed by atoms with E-state index in [9.17, 15) is 4.79 Å². The van der Waals surface area contributed by atoms with Crippen LogP contribution >= 0.6 is 0 Å². The molecule has 0 saturated heterocycles. The molecule has 2 heterocycles. The molecule has 1 aliphatic heterocycles. The maximum Gasteiger partial charge on any atom is 0.343 e. The van der Waals surface area contributed by atoms with Gasteiger partial charge in [0.15, 0.2) is 0 Å². The molecule has 1 aromatic carbocycles. The molecule has 2 unspecified atom stereocenters. The fourth-order valence-electron chi connectivity index (χ4n) is 3.97. The standard InChI is InChI=1S/C25H32O4/c1-16(2)9-7-10-17(3)11-8-14-25(5)18(4)22-23(29-25)20-13-12-19(27-6)15-21(20)28-24(22)26/h9,11-13,15,18H,7-8,10,14H2,1-6H3. The van der Waals surface area contributed by atoms with Gasteiger partial charge in [-0.1, -0.05) is 30.2 Å². The van der Waals surface area contributed by atoms with Crippen LogP contribution in [0.1, 0.15) is 71.8 Å². The molecule has 0 saturated carbocycles. The van der Waals surface area contributed by atoms with E-state index in [4.69, 9.17) is 13.9 Å². The summed E-state index contributed by atoms with van der Waals surface area (Å²) in [5.41, 5.74) is 3.16. The highest BCUT2D eigenvalue weighted by Gasteiger charge is 2.44. The Bertz CT molecular complexity index is 1010. The average Bonchev–Trinajstić information content (AvgIpc) is 2.93. The van der Waals surface area contributed by atoms with Gasteiger partial charge in [0.1, 0.15) is 22.7 Å².